The lowest BCUT2D eigenvalue weighted by Gasteiger charge is -2.01. The van der Waals surface area contributed by atoms with E-state index >= 15 is 0 Å². The van der Waals surface area contributed by atoms with Crippen molar-refractivity contribution in [3.8, 4) is 11.3 Å². The summed E-state index contributed by atoms with van der Waals surface area (Å²) in [5.41, 5.74) is 0.741. The number of hydrogen-bond acceptors (Lipinski definition) is 4. The summed E-state index contributed by atoms with van der Waals surface area (Å²) < 4.78 is 24.6. The molecule has 0 saturated heterocycles. The molecule has 134 valence electrons. The molecule has 2 heterocycles. The fourth-order valence-corrected chi connectivity index (χ4v) is 2.94. The van der Waals surface area contributed by atoms with Crippen molar-refractivity contribution in [2.45, 2.75) is 0 Å². The van der Waals surface area contributed by atoms with Crippen LogP contribution in [0.25, 0.3) is 17.4 Å². The Hall–Kier alpha value is -2.89. The maximum absolute atomic E-state index is 13.9. The Morgan fingerprint density at radius 1 is 1.00 bits per heavy atom. The van der Waals surface area contributed by atoms with Crippen molar-refractivity contribution in [2.24, 2.45) is 4.99 Å². The highest BCUT2D eigenvalue weighted by atomic mass is 35.5. The third-order valence-corrected chi connectivity index (χ3v) is 4.39. The van der Waals surface area contributed by atoms with E-state index < -0.39 is 11.8 Å². The fourth-order valence-electron chi connectivity index (χ4n) is 2.56. The lowest BCUT2D eigenvalue weighted by Crippen LogP contribution is -2.07. The molecule has 3 aromatic rings. The first kappa shape index (κ1) is 17.5. The van der Waals surface area contributed by atoms with Crippen molar-refractivity contribution in [1.82, 2.24) is 0 Å². The first-order chi connectivity index (χ1) is 13.0. The molecule has 0 aliphatic carbocycles. The molecular weight excluding hydrogens is 392 g/mol. The fraction of sp³-hybridized carbons (Fsp3) is 0. The summed E-state index contributed by atoms with van der Waals surface area (Å²) in [6, 6.07) is 14.3. The second-order valence-corrected chi connectivity index (χ2v) is 6.49. The van der Waals surface area contributed by atoms with Gasteiger partial charge >= 0.3 is 5.97 Å². The van der Waals surface area contributed by atoms with E-state index in [1.807, 2.05) is 0 Å². The zero-order valence-electron chi connectivity index (χ0n) is 13.6. The Labute approximate surface area is 163 Å². The highest BCUT2D eigenvalue weighted by Crippen LogP contribution is 2.32. The van der Waals surface area contributed by atoms with E-state index in [4.69, 9.17) is 32.4 Å². The lowest BCUT2D eigenvalue weighted by molar-refractivity contribution is -0.129. The van der Waals surface area contributed by atoms with E-state index in [2.05, 4.69) is 4.99 Å². The van der Waals surface area contributed by atoms with E-state index in [1.165, 1.54) is 24.3 Å². The van der Waals surface area contributed by atoms with E-state index in [0.717, 1.165) is 0 Å². The molecule has 27 heavy (non-hydrogen) atoms. The number of aliphatic imine (C=N–C) groups is 1. The smallest absolute Gasteiger partial charge is 0.363 e. The molecule has 0 spiro atoms. The van der Waals surface area contributed by atoms with Gasteiger partial charge in [0.25, 0.3) is 0 Å². The standard InChI is InChI=1S/C20H10Cl2FNO3/c21-11-5-7-15(22)14(9-11)18-8-6-12(26-18)10-17-20(25)27-19(24-17)13-3-1-2-4-16(13)23/h1-10H. The van der Waals surface area contributed by atoms with E-state index in [0.29, 0.717) is 27.1 Å². The average Bonchev–Trinajstić information content (AvgIpc) is 3.25. The van der Waals surface area contributed by atoms with Gasteiger partial charge in [0.1, 0.15) is 17.3 Å². The van der Waals surface area contributed by atoms with Crippen LogP contribution in [-0.4, -0.2) is 11.9 Å². The molecule has 0 unspecified atom stereocenters. The van der Waals surface area contributed by atoms with Crippen molar-refractivity contribution in [1.29, 1.82) is 0 Å². The number of benzene rings is 2. The van der Waals surface area contributed by atoms with Gasteiger partial charge in [0.05, 0.1) is 10.6 Å². The van der Waals surface area contributed by atoms with Crippen LogP contribution in [0.5, 0.6) is 0 Å². The van der Waals surface area contributed by atoms with Gasteiger partial charge in [-0.1, -0.05) is 35.3 Å². The Bertz CT molecular complexity index is 1120. The Kier molecular flexibility index (Phi) is 4.56. The summed E-state index contributed by atoms with van der Waals surface area (Å²) in [6.07, 6.45) is 1.41. The monoisotopic (exact) mass is 401 g/mol. The lowest BCUT2D eigenvalue weighted by atomic mass is 10.2. The van der Waals surface area contributed by atoms with Crippen LogP contribution in [0, 0.1) is 5.82 Å². The van der Waals surface area contributed by atoms with Crippen molar-refractivity contribution >= 4 is 41.1 Å². The molecule has 0 radical (unpaired) electrons. The van der Waals surface area contributed by atoms with Crippen LogP contribution < -0.4 is 0 Å². The first-order valence-electron chi connectivity index (χ1n) is 7.84. The minimum absolute atomic E-state index is 0.00587. The predicted molar refractivity (Wildman–Crippen MR) is 101 cm³/mol. The number of nitrogens with zero attached hydrogens (tertiary/aromatic N) is 1. The first-order valence-corrected chi connectivity index (χ1v) is 8.59. The van der Waals surface area contributed by atoms with Gasteiger partial charge in [-0.05, 0) is 42.5 Å². The van der Waals surface area contributed by atoms with E-state index in [9.17, 15) is 9.18 Å². The van der Waals surface area contributed by atoms with E-state index in [1.54, 1.807) is 36.4 Å². The van der Waals surface area contributed by atoms with Gasteiger partial charge < -0.3 is 9.15 Å². The molecule has 2 aromatic carbocycles. The van der Waals surface area contributed by atoms with Gasteiger partial charge in [-0.3, -0.25) is 0 Å². The van der Waals surface area contributed by atoms with Crippen LogP contribution in [0.2, 0.25) is 10.0 Å². The summed E-state index contributed by atoms with van der Waals surface area (Å²) in [5.74, 6) is -0.451. The van der Waals surface area contributed by atoms with Crippen molar-refractivity contribution in [2.75, 3.05) is 0 Å². The van der Waals surface area contributed by atoms with Gasteiger partial charge in [0.15, 0.2) is 5.70 Å². The quantitative estimate of drug-likeness (QED) is 0.415. The highest BCUT2D eigenvalue weighted by Gasteiger charge is 2.26. The van der Waals surface area contributed by atoms with Crippen LogP contribution in [0.1, 0.15) is 11.3 Å². The molecule has 0 atom stereocenters. The zero-order chi connectivity index (χ0) is 19.0. The van der Waals surface area contributed by atoms with Crippen LogP contribution in [0.4, 0.5) is 4.39 Å². The number of hydrogen-bond donors (Lipinski definition) is 0. The molecular formula is C20H10Cl2FNO3. The number of halogens is 3. The van der Waals surface area contributed by atoms with Crippen LogP contribution in [0.15, 0.2) is 69.7 Å². The van der Waals surface area contributed by atoms with Gasteiger partial charge in [-0.2, -0.15) is 0 Å². The van der Waals surface area contributed by atoms with Gasteiger partial charge in [0.2, 0.25) is 5.90 Å². The van der Waals surface area contributed by atoms with Crippen molar-refractivity contribution in [3.63, 3.8) is 0 Å². The summed E-state index contributed by atoms with van der Waals surface area (Å²) >= 11 is 12.2. The number of carbonyl (C=O) groups excluding carboxylic acids is 1. The summed E-state index contributed by atoms with van der Waals surface area (Å²) in [6.45, 7) is 0. The van der Waals surface area contributed by atoms with Crippen LogP contribution in [0.3, 0.4) is 0 Å². The molecule has 1 aliphatic heterocycles. The van der Waals surface area contributed by atoms with Crippen LogP contribution >= 0.6 is 23.2 Å². The van der Waals surface area contributed by atoms with Crippen molar-refractivity contribution in [3.05, 3.63) is 87.5 Å². The zero-order valence-corrected chi connectivity index (χ0v) is 15.1. The molecule has 0 bridgehead atoms. The normalized spacial score (nSPS) is 15.1. The summed E-state index contributed by atoms with van der Waals surface area (Å²) in [7, 11) is 0. The second-order valence-electron chi connectivity index (χ2n) is 5.64. The minimum atomic E-state index is -0.688. The maximum atomic E-state index is 13.9. The Morgan fingerprint density at radius 2 is 1.81 bits per heavy atom. The SMILES string of the molecule is O=C1OC(c2ccccc2F)=NC1=Cc1ccc(-c2cc(Cl)ccc2Cl)o1. The average molecular weight is 402 g/mol. The Morgan fingerprint density at radius 3 is 2.63 bits per heavy atom. The summed E-state index contributed by atoms with van der Waals surface area (Å²) in [5, 5.41) is 0.997. The summed E-state index contributed by atoms with van der Waals surface area (Å²) in [4.78, 5) is 16.1. The predicted octanol–water partition coefficient (Wildman–Crippen LogP) is 5.74. The van der Waals surface area contributed by atoms with E-state index in [-0.39, 0.29) is 17.2 Å². The molecule has 7 heteroatoms. The number of ether oxygens (including phenoxy) is 1. The van der Waals surface area contributed by atoms with Gasteiger partial charge in [-0.15, -0.1) is 0 Å². The van der Waals surface area contributed by atoms with Crippen molar-refractivity contribution < 1.29 is 18.3 Å². The molecule has 4 nitrogen and oxygen atoms in total. The molecule has 0 fully saturated rings. The molecule has 0 saturated carbocycles. The largest absolute Gasteiger partial charge is 0.457 e. The number of carbonyl (C=O) groups is 1. The molecule has 1 aliphatic rings. The Balaban J connectivity index is 1.66. The van der Waals surface area contributed by atoms with Gasteiger partial charge in [0, 0.05) is 16.7 Å². The third-order valence-electron chi connectivity index (χ3n) is 3.82. The highest BCUT2D eigenvalue weighted by molar-refractivity contribution is 6.35. The topological polar surface area (TPSA) is 51.8 Å². The molecule has 1 aromatic heterocycles. The van der Waals surface area contributed by atoms with Gasteiger partial charge in [-0.25, -0.2) is 14.2 Å². The van der Waals surface area contributed by atoms with Crippen LogP contribution in [-0.2, 0) is 9.53 Å². The minimum Gasteiger partial charge on any atom is -0.457 e. The maximum Gasteiger partial charge on any atom is 0.363 e. The molecule has 0 amide bonds. The molecule has 4 rings (SSSR count). The number of rotatable bonds is 3. The number of furan rings is 1. The third kappa shape index (κ3) is 3.52. The molecule has 0 N–H and O–H groups in total. The second kappa shape index (κ2) is 7.02. The number of cyclic esters (lactones) is 1. The number of esters is 1.